The van der Waals surface area contributed by atoms with E-state index in [0.29, 0.717) is 12.5 Å². The zero-order valence-electron chi connectivity index (χ0n) is 6.88. The van der Waals surface area contributed by atoms with Gasteiger partial charge in [-0.1, -0.05) is 0 Å². The highest BCUT2D eigenvalue weighted by atomic mass is 16.5. The monoisotopic (exact) mass is 154 g/mol. The fourth-order valence-corrected chi connectivity index (χ4v) is 1.78. The highest BCUT2D eigenvalue weighted by Gasteiger charge is 2.51. The largest absolute Gasteiger partial charge is 0.466 e. The molecule has 2 atom stereocenters. The first-order chi connectivity index (χ1) is 5.33. The van der Waals surface area contributed by atoms with E-state index in [1.165, 1.54) is 12.8 Å². The summed E-state index contributed by atoms with van der Waals surface area (Å²) in [5.74, 6) is 1.91. The van der Waals surface area contributed by atoms with Crippen LogP contribution in [0.1, 0.15) is 26.2 Å². The quantitative estimate of drug-likeness (QED) is 0.577. The summed E-state index contributed by atoms with van der Waals surface area (Å²) in [5, 5.41) is 0. The molecule has 2 nitrogen and oxygen atoms in total. The van der Waals surface area contributed by atoms with Crippen LogP contribution in [0.25, 0.3) is 0 Å². The van der Waals surface area contributed by atoms with Crippen molar-refractivity contribution in [3.8, 4) is 0 Å². The summed E-state index contributed by atoms with van der Waals surface area (Å²) in [6, 6.07) is 0. The first kappa shape index (κ1) is 7.14. The van der Waals surface area contributed by atoms with Gasteiger partial charge in [-0.05, 0) is 38.0 Å². The van der Waals surface area contributed by atoms with Crippen LogP contribution < -0.4 is 0 Å². The van der Waals surface area contributed by atoms with Crippen LogP contribution in [0.4, 0.5) is 0 Å². The van der Waals surface area contributed by atoms with E-state index in [1.54, 1.807) is 0 Å². The van der Waals surface area contributed by atoms with E-state index < -0.39 is 0 Å². The molecule has 11 heavy (non-hydrogen) atoms. The third-order valence-electron chi connectivity index (χ3n) is 2.66. The number of rotatable bonds is 3. The highest BCUT2D eigenvalue weighted by molar-refractivity contribution is 5.75. The van der Waals surface area contributed by atoms with Gasteiger partial charge in [0.1, 0.15) is 0 Å². The molecule has 0 saturated heterocycles. The molecule has 0 aromatic heterocycles. The van der Waals surface area contributed by atoms with E-state index in [2.05, 4.69) is 0 Å². The van der Waals surface area contributed by atoms with Gasteiger partial charge in [0.15, 0.2) is 0 Å². The van der Waals surface area contributed by atoms with E-state index >= 15 is 0 Å². The van der Waals surface area contributed by atoms with Crippen molar-refractivity contribution >= 4 is 5.97 Å². The van der Waals surface area contributed by atoms with Crippen LogP contribution in [0, 0.1) is 17.8 Å². The number of ether oxygens (including phenoxy) is 1. The lowest BCUT2D eigenvalue weighted by molar-refractivity contribution is -0.145. The Bertz CT molecular complexity index is 172. The Labute approximate surface area is 66.9 Å². The lowest BCUT2D eigenvalue weighted by Crippen LogP contribution is -2.07. The summed E-state index contributed by atoms with van der Waals surface area (Å²) in [5.41, 5.74) is 0. The molecule has 62 valence electrons. The van der Waals surface area contributed by atoms with Crippen molar-refractivity contribution in [2.75, 3.05) is 6.61 Å². The fraction of sp³-hybridized carbons (Fsp3) is 0.889. The molecule has 0 aromatic rings. The summed E-state index contributed by atoms with van der Waals surface area (Å²) in [4.78, 5) is 11.1. The van der Waals surface area contributed by atoms with Crippen LogP contribution in [0.15, 0.2) is 0 Å². The maximum absolute atomic E-state index is 11.1. The standard InChI is InChI=1S/C9H14O2/c1-2-11-9(10)8-5-7(8)6-3-4-6/h6-8H,2-5H2,1H3/t7-,8-/m0/s1. The minimum atomic E-state index is 0.0457. The van der Waals surface area contributed by atoms with Crippen LogP contribution in [0.3, 0.4) is 0 Å². The number of carbonyl (C=O) groups excluding carboxylic acids is 1. The van der Waals surface area contributed by atoms with Gasteiger partial charge in [0.05, 0.1) is 12.5 Å². The number of carbonyl (C=O) groups is 1. The molecule has 0 bridgehead atoms. The van der Waals surface area contributed by atoms with Gasteiger partial charge in [0.2, 0.25) is 0 Å². The van der Waals surface area contributed by atoms with Crippen LogP contribution in [-0.4, -0.2) is 12.6 Å². The maximum Gasteiger partial charge on any atom is 0.309 e. The highest BCUT2D eigenvalue weighted by Crippen LogP contribution is 2.54. The van der Waals surface area contributed by atoms with Crippen molar-refractivity contribution in [1.82, 2.24) is 0 Å². The molecule has 0 spiro atoms. The van der Waals surface area contributed by atoms with Gasteiger partial charge in [-0.3, -0.25) is 4.79 Å². The van der Waals surface area contributed by atoms with Gasteiger partial charge in [-0.25, -0.2) is 0 Å². The van der Waals surface area contributed by atoms with E-state index in [9.17, 15) is 4.79 Å². The average Bonchev–Trinajstić information content (AvgIpc) is 2.83. The van der Waals surface area contributed by atoms with Gasteiger partial charge in [-0.2, -0.15) is 0 Å². The van der Waals surface area contributed by atoms with Gasteiger partial charge < -0.3 is 4.74 Å². The molecule has 0 N–H and O–H groups in total. The Hall–Kier alpha value is -0.530. The van der Waals surface area contributed by atoms with Crippen LogP contribution in [-0.2, 0) is 9.53 Å². The Kier molecular flexibility index (Phi) is 1.63. The fourth-order valence-electron chi connectivity index (χ4n) is 1.78. The number of esters is 1. The van der Waals surface area contributed by atoms with Gasteiger partial charge in [0, 0.05) is 0 Å². The molecule has 2 saturated carbocycles. The molecule has 2 aliphatic rings. The second-order valence-electron chi connectivity index (χ2n) is 3.60. The second kappa shape index (κ2) is 2.50. The molecule has 2 aliphatic carbocycles. The molecule has 0 amide bonds. The van der Waals surface area contributed by atoms with Crippen molar-refractivity contribution in [2.24, 2.45) is 17.8 Å². The van der Waals surface area contributed by atoms with Gasteiger partial charge in [0.25, 0.3) is 0 Å². The summed E-state index contributed by atoms with van der Waals surface area (Å²) < 4.78 is 4.94. The van der Waals surface area contributed by atoms with E-state index in [1.807, 2.05) is 6.92 Å². The Morgan fingerprint density at radius 1 is 1.55 bits per heavy atom. The van der Waals surface area contributed by atoms with E-state index in [4.69, 9.17) is 4.74 Å². The SMILES string of the molecule is CCOC(=O)[C@H]1C[C@H]1C1CC1. The molecule has 0 heterocycles. The smallest absolute Gasteiger partial charge is 0.309 e. The second-order valence-corrected chi connectivity index (χ2v) is 3.60. The van der Waals surface area contributed by atoms with E-state index in [0.717, 1.165) is 12.3 Å². The minimum Gasteiger partial charge on any atom is -0.466 e. The summed E-state index contributed by atoms with van der Waals surface area (Å²) in [6.07, 6.45) is 3.80. The molecular formula is C9H14O2. The third-order valence-corrected chi connectivity index (χ3v) is 2.66. The molecule has 2 fully saturated rings. The third kappa shape index (κ3) is 1.39. The normalized spacial score (nSPS) is 35.0. The van der Waals surface area contributed by atoms with Crippen LogP contribution in [0.2, 0.25) is 0 Å². The number of hydrogen-bond donors (Lipinski definition) is 0. The molecule has 0 unspecified atom stereocenters. The first-order valence-corrected chi connectivity index (χ1v) is 4.49. The molecular weight excluding hydrogens is 140 g/mol. The lowest BCUT2D eigenvalue weighted by atomic mass is 10.2. The number of hydrogen-bond acceptors (Lipinski definition) is 2. The van der Waals surface area contributed by atoms with Crippen molar-refractivity contribution < 1.29 is 9.53 Å². The summed E-state index contributed by atoms with van der Waals surface area (Å²) in [6.45, 7) is 2.40. The van der Waals surface area contributed by atoms with Crippen LogP contribution >= 0.6 is 0 Å². The molecule has 0 aliphatic heterocycles. The molecule has 2 rings (SSSR count). The average molecular weight is 154 g/mol. The first-order valence-electron chi connectivity index (χ1n) is 4.49. The Balaban J connectivity index is 1.76. The molecule has 2 heteroatoms. The van der Waals surface area contributed by atoms with Crippen molar-refractivity contribution in [3.05, 3.63) is 0 Å². The molecule has 0 aromatic carbocycles. The maximum atomic E-state index is 11.1. The zero-order chi connectivity index (χ0) is 7.84. The predicted molar refractivity (Wildman–Crippen MR) is 41.0 cm³/mol. The summed E-state index contributed by atoms with van der Waals surface area (Å²) >= 11 is 0. The molecule has 0 radical (unpaired) electrons. The predicted octanol–water partition coefficient (Wildman–Crippen LogP) is 1.60. The minimum absolute atomic E-state index is 0.0457. The van der Waals surface area contributed by atoms with Gasteiger partial charge in [-0.15, -0.1) is 0 Å². The summed E-state index contributed by atoms with van der Waals surface area (Å²) in [7, 11) is 0. The van der Waals surface area contributed by atoms with Crippen molar-refractivity contribution in [2.45, 2.75) is 26.2 Å². The van der Waals surface area contributed by atoms with Crippen molar-refractivity contribution in [1.29, 1.82) is 0 Å². The Morgan fingerprint density at radius 3 is 2.82 bits per heavy atom. The van der Waals surface area contributed by atoms with E-state index in [-0.39, 0.29) is 11.9 Å². The lowest BCUT2D eigenvalue weighted by Gasteiger charge is -1.98. The topological polar surface area (TPSA) is 26.3 Å². The van der Waals surface area contributed by atoms with Crippen molar-refractivity contribution in [3.63, 3.8) is 0 Å². The zero-order valence-corrected chi connectivity index (χ0v) is 6.88. The van der Waals surface area contributed by atoms with Crippen LogP contribution in [0.5, 0.6) is 0 Å². The Morgan fingerprint density at radius 2 is 2.27 bits per heavy atom. The van der Waals surface area contributed by atoms with Gasteiger partial charge >= 0.3 is 5.97 Å².